The predicted octanol–water partition coefficient (Wildman–Crippen LogP) is 3.67. The first-order valence-electron chi connectivity index (χ1n) is 5.56. The average molecular weight is 372 g/mol. The Bertz CT molecular complexity index is 391. The number of anilines is 1. The Kier molecular flexibility index (Phi) is 5.71. The lowest BCUT2D eigenvalue weighted by atomic mass is 10.2. The second-order valence-corrected chi connectivity index (χ2v) is 5.44. The maximum Gasteiger partial charge on any atom is 0.416 e. The lowest BCUT2D eigenvalue weighted by molar-refractivity contribution is -0.137. The average Bonchev–Trinajstić information content (AvgIpc) is 2.24. The topological polar surface area (TPSA) is 15.3 Å². The van der Waals surface area contributed by atoms with Crippen LogP contribution in [0, 0.1) is 3.57 Å². The minimum atomic E-state index is -4.29. The van der Waals surface area contributed by atoms with Gasteiger partial charge in [-0.3, -0.25) is 0 Å². The summed E-state index contributed by atoms with van der Waals surface area (Å²) in [6.45, 7) is 1.57. The zero-order chi connectivity index (χ0) is 13.8. The van der Waals surface area contributed by atoms with E-state index < -0.39 is 11.7 Å². The van der Waals surface area contributed by atoms with Crippen molar-refractivity contribution >= 4 is 28.3 Å². The molecule has 0 spiro atoms. The van der Waals surface area contributed by atoms with Crippen LogP contribution in [-0.4, -0.2) is 32.1 Å². The number of alkyl halides is 3. The molecule has 102 valence electrons. The molecule has 0 bridgehead atoms. The van der Waals surface area contributed by atoms with E-state index in [9.17, 15) is 13.2 Å². The summed E-state index contributed by atoms with van der Waals surface area (Å²) < 4.78 is 38.5. The van der Waals surface area contributed by atoms with Crippen LogP contribution in [0.5, 0.6) is 0 Å². The van der Waals surface area contributed by atoms with E-state index in [1.54, 1.807) is 0 Å². The van der Waals surface area contributed by atoms with Gasteiger partial charge in [-0.2, -0.15) is 13.2 Å². The number of nitrogens with one attached hydrogen (secondary N) is 1. The van der Waals surface area contributed by atoms with E-state index in [-0.39, 0.29) is 0 Å². The quantitative estimate of drug-likeness (QED) is 0.627. The van der Waals surface area contributed by atoms with Gasteiger partial charge in [-0.25, -0.2) is 0 Å². The van der Waals surface area contributed by atoms with Crippen LogP contribution >= 0.6 is 22.6 Å². The molecule has 0 aliphatic carbocycles. The molecule has 2 nitrogen and oxygen atoms in total. The molecule has 0 radical (unpaired) electrons. The third-order valence-corrected chi connectivity index (χ3v) is 3.33. The fourth-order valence-electron chi connectivity index (χ4n) is 1.46. The molecule has 1 rings (SSSR count). The number of hydrogen-bond donors (Lipinski definition) is 1. The predicted molar refractivity (Wildman–Crippen MR) is 75.8 cm³/mol. The van der Waals surface area contributed by atoms with Crippen molar-refractivity contribution in [2.75, 3.05) is 32.5 Å². The van der Waals surface area contributed by atoms with Gasteiger partial charge >= 0.3 is 6.18 Å². The third-order valence-electron chi connectivity index (χ3n) is 2.39. The standard InChI is InChI=1S/C12H16F3IN2/c1-18(2)7-3-6-17-11-8-9(12(13,14)15)4-5-10(11)16/h4-5,8,17H,3,6-7H2,1-2H3. The van der Waals surface area contributed by atoms with Gasteiger partial charge in [0.2, 0.25) is 0 Å². The highest BCUT2D eigenvalue weighted by Crippen LogP contribution is 2.32. The maximum atomic E-state index is 12.6. The van der Waals surface area contributed by atoms with E-state index in [1.807, 2.05) is 41.6 Å². The molecule has 0 unspecified atom stereocenters. The van der Waals surface area contributed by atoms with E-state index in [0.717, 1.165) is 28.7 Å². The van der Waals surface area contributed by atoms with Gasteiger partial charge in [0.25, 0.3) is 0 Å². The van der Waals surface area contributed by atoms with Crippen molar-refractivity contribution in [1.82, 2.24) is 4.90 Å². The van der Waals surface area contributed by atoms with E-state index in [0.29, 0.717) is 12.2 Å². The molecule has 0 fully saturated rings. The molecular formula is C12H16F3IN2. The summed E-state index contributed by atoms with van der Waals surface area (Å²) in [6, 6.07) is 3.75. The maximum absolute atomic E-state index is 12.6. The molecule has 18 heavy (non-hydrogen) atoms. The van der Waals surface area contributed by atoms with Crippen LogP contribution in [0.4, 0.5) is 18.9 Å². The summed E-state index contributed by atoms with van der Waals surface area (Å²) in [7, 11) is 3.93. The van der Waals surface area contributed by atoms with Gasteiger partial charge in [-0.05, 0) is 67.9 Å². The summed E-state index contributed by atoms with van der Waals surface area (Å²) in [4.78, 5) is 2.04. The monoisotopic (exact) mass is 372 g/mol. The molecule has 0 saturated heterocycles. The molecule has 6 heteroatoms. The summed E-state index contributed by atoms with van der Waals surface area (Å²) in [5, 5.41) is 3.05. The Balaban J connectivity index is 2.64. The van der Waals surface area contributed by atoms with Crippen molar-refractivity contribution in [3.05, 3.63) is 27.3 Å². The summed E-state index contributed by atoms with van der Waals surface area (Å²) >= 11 is 2.03. The van der Waals surface area contributed by atoms with Crippen molar-refractivity contribution in [2.45, 2.75) is 12.6 Å². The molecule has 0 atom stereocenters. The Labute approximate surface area is 119 Å². The number of benzene rings is 1. The highest BCUT2D eigenvalue weighted by atomic mass is 127. The molecule has 1 aromatic rings. The molecule has 1 aromatic carbocycles. The van der Waals surface area contributed by atoms with Gasteiger partial charge in [0.05, 0.1) is 5.56 Å². The van der Waals surface area contributed by atoms with Gasteiger partial charge in [0.1, 0.15) is 0 Å². The molecule has 0 saturated carbocycles. The Morgan fingerprint density at radius 1 is 1.28 bits per heavy atom. The van der Waals surface area contributed by atoms with Crippen LogP contribution in [0.3, 0.4) is 0 Å². The molecule has 1 N–H and O–H groups in total. The molecule has 0 heterocycles. The Hall–Kier alpha value is -0.500. The highest BCUT2D eigenvalue weighted by molar-refractivity contribution is 14.1. The fourth-order valence-corrected chi connectivity index (χ4v) is 1.98. The zero-order valence-corrected chi connectivity index (χ0v) is 12.5. The second kappa shape index (κ2) is 6.60. The van der Waals surface area contributed by atoms with Crippen LogP contribution in [0.25, 0.3) is 0 Å². The smallest absolute Gasteiger partial charge is 0.384 e. The van der Waals surface area contributed by atoms with Gasteiger partial charge in [-0.15, -0.1) is 0 Å². The minimum Gasteiger partial charge on any atom is -0.384 e. The largest absolute Gasteiger partial charge is 0.416 e. The first kappa shape index (κ1) is 15.6. The zero-order valence-electron chi connectivity index (χ0n) is 10.3. The Morgan fingerprint density at radius 3 is 2.50 bits per heavy atom. The van der Waals surface area contributed by atoms with E-state index in [4.69, 9.17) is 0 Å². The van der Waals surface area contributed by atoms with Crippen LogP contribution in [-0.2, 0) is 6.18 Å². The van der Waals surface area contributed by atoms with Crippen molar-refractivity contribution in [3.63, 3.8) is 0 Å². The summed E-state index contributed by atoms with van der Waals surface area (Å²) in [5.74, 6) is 0. The molecule has 0 aromatic heterocycles. The second-order valence-electron chi connectivity index (χ2n) is 4.28. The van der Waals surface area contributed by atoms with Gasteiger partial charge in [-0.1, -0.05) is 0 Å². The first-order valence-corrected chi connectivity index (χ1v) is 6.64. The van der Waals surface area contributed by atoms with Gasteiger partial charge in [0, 0.05) is 15.8 Å². The van der Waals surface area contributed by atoms with Gasteiger partial charge < -0.3 is 10.2 Å². The molecule has 0 amide bonds. The van der Waals surface area contributed by atoms with Crippen LogP contribution < -0.4 is 5.32 Å². The van der Waals surface area contributed by atoms with E-state index >= 15 is 0 Å². The molecular weight excluding hydrogens is 356 g/mol. The normalized spacial score (nSPS) is 11.9. The van der Waals surface area contributed by atoms with Crippen molar-refractivity contribution < 1.29 is 13.2 Å². The fraction of sp³-hybridized carbons (Fsp3) is 0.500. The van der Waals surface area contributed by atoms with Crippen molar-refractivity contribution in [3.8, 4) is 0 Å². The minimum absolute atomic E-state index is 0.546. The SMILES string of the molecule is CN(C)CCCNc1cc(C(F)(F)F)ccc1I. The first-order chi connectivity index (χ1) is 8.30. The Morgan fingerprint density at radius 2 is 1.94 bits per heavy atom. The molecule has 0 aliphatic rings. The van der Waals surface area contributed by atoms with Crippen LogP contribution in [0.1, 0.15) is 12.0 Å². The van der Waals surface area contributed by atoms with E-state index in [2.05, 4.69) is 5.32 Å². The van der Waals surface area contributed by atoms with Crippen LogP contribution in [0.2, 0.25) is 0 Å². The van der Waals surface area contributed by atoms with Crippen molar-refractivity contribution in [2.24, 2.45) is 0 Å². The molecule has 0 aliphatic heterocycles. The lowest BCUT2D eigenvalue weighted by Crippen LogP contribution is -2.16. The van der Waals surface area contributed by atoms with Gasteiger partial charge in [0.15, 0.2) is 0 Å². The van der Waals surface area contributed by atoms with E-state index in [1.165, 1.54) is 6.07 Å². The van der Waals surface area contributed by atoms with Crippen molar-refractivity contribution in [1.29, 1.82) is 0 Å². The number of halogens is 4. The summed E-state index contributed by atoms with van der Waals surface area (Å²) in [6.07, 6.45) is -3.40. The van der Waals surface area contributed by atoms with Crippen LogP contribution in [0.15, 0.2) is 18.2 Å². The number of rotatable bonds is 5. The number of nitrogens with zero attached hydrogens (tertiary/aromatic N) is 1. The summed E-state index contributed by atoms with van der Waals surface area (Å²) in [5.41, 5.74) is -0.0674. The highest BCUT2D eigenvalue weighted by Gasteiger charge is 2.30. The third kappa shape index (κ3) is 5.01. The number of hydrogen-bond acceptors (Lipinski definition) is 2. The lowest BCUT2D eigenvalue weighted by Gasteiger charge is -2.14.